The van der Waals surface area contributed by atoms with Gasteiger partial charge in [0, 0.05) is 45.2 Å². The van der Waals surface area contributed by atoms with E-state index in [1.165, 1.54) is 5.56 Å². The second-order valence-corrected chi connectivity index (χ2v) is 9.05. The molecule has 3 heterocycles. The molecule has 0 saturated carbocycles. The molecule has 2 aromatic rings. The van der Waals surface area contributed by atoms with Crippen molar-refractivity contribution in [2.45, 2.75) is 50.2 Å². The number of nitrogens with zero attached hydrogens (tertiary/aromatic N) is 2. The van der Waals surface area contributed by atoms with Gasteiger partial charge in [0.15, 0.2) is 0 Å². The van der Waals surface area contributed by atoms with Crippen LogP contribution in [0.1, 0.15) is 24.8 Å². The Labute approximate surface area is 201 Å². The summed E-state index contributed by atoms with van der Waals surface area (Å²) in [6, 6.07) is 12.6. The van der Waals surface area contributed by atoms with E-state index < -0.39 is 6.10 Å². The average molecular weight is 470 g/mol. The highest BCUT2D eigenvalue weighted by molar-refractivity contribution is 5.76. The van der Waals surface area contributed by atoms with Gasteiger partial charge in [-0.1, -0.05) is 18.2 Å². The molecule has 0 bridgehead atoms. The second-order valence-electron chi connectivity index (χ2n) is 9.05. The van der Waals surface area contributed by atoms with Gasteiger partial charge in [0.2, 0.25) is 5.91 Å². The minimum Gasteiger partial charge on any atom is -0.389 e. The van der Waals surface area contributed by atoms with Crippen LogP contribution in [0.25, 0.3) is 11.1 Å². The van der Waals surface area contributed by atoms with E-state index in [0.29, 0.717) is 39.3 Å². The van der Waals surface area contributed by atoms with Crippen molar-refractivity contribution in [3.05, 3.63) is 54.4 Å². The number of ether oxygens (including phenoxy) is 3. The molecule has 0 unspecified atom stereocenters. The average Bonchev–Trinajstić information content (AvgIpc) is 2.84. The van der Waals surface area contributed by atoms with E-state index in [1.54, 1.807) is 19.5 Å². The number of methoxy groups -OCH3 is 1. The largest absolute Gasteiger partial charge is 0.389 e. The molecule has 8 heteroatoms. The van der Waals surface area contributed by atoms with E-state index in [-0.39, 0.29) is 30.8 Å². The molecule has 2 fully saturated rings. The molecule has 1 aromatic carbocycles. The summed E-state index contributed by atoms with van der Waals surface area (Å²) >= 11 is 0. The van der Waals surface area contributed by atoms with Crippen molar-refractivity contribution >= 4 is 5.91 Å². The fourth-order valence-corrected chi connectivity index (χ4v) is 4.83. The fourth-order valence-electron chi connectivity index (χ4n) is 4.83. The number of carbonyl (C=O) groups is 1. The molecule has 0 spiro atoms. The number of fused-ring (bicyclic) bond motifs is 1. The first-order valence-corrected chi connectivity index (χ1v) is 12.0. The molecule has 1 aromatic heterocycles. The van der Waals surface area contributed by atoms with Gasteiger partial charge in [-0.2, -0.15) is 0 Å². The number of hydrogen-bond acceptors (Lipinski definition) is 7. The Hall–Kier alpha value is -2.36. The van der Waals surface area contributed by atoms with Crippen LogP contribution in [0.4, 0.5) is 0 Å². The fraction of sp³-hybridized carbons (Fsp3) is 0.538. The number of aliphatic hydroxyl groups excluding tert-OH is 1. The number of aromatic nitrogens is 1. The summed E-state index contributed by atoms with van der Waals surface area (Å²) in [5.41, 5.74) is 3.46. The van der Waals surface area contributed by atoms with Crippen molar-refractivity contribution in [3.63, 3.8) is 0 Å². The van der Waals surface area contributed by atoms with E-state index in [1.807, 2.05) is 12.1 Å². The first kappa shape index (κ1) is 24.8. The van der Waals surface area contributed by atoms with Gasteiger partial charge in [-0.05, 0) is 47.7 Å². The lowest BCUT2D eigenvalue weighted by atomic mass is 9.94. The molecule has 8 nitrogen and oxygen atoms in total. The summed E-state index contributed by atoms with van der Waals surface area (Å²) in [6.45, 7) is 2.92. The second kappa shape index (κ2) is 12.4. The van der Waals surface area contributed by atoms with Gasteiger partial charge in [0.1, 0.15) is 0 Å². The highest BCUT2D eigenvalue weighted by Crippen LogP contribution is 2.29. The van der Waals surface area contributed by atoms with Crippen LogP contribution in [0.3, 0.4) is 0 Å². The summed E-state index contributed by atoms with van der Waals surface area (Å²) in [6.07, 6.45) is 4.81. The van der Waals surface area contributed by atoms with E-state index in [0.717, 1.165) is 24.0 Å². The van der Waals surface area contributed by atoms with Crippen molar-refractivity contribution < 1.29 is 24.1 Å². The smallest absolute Gasteiger partial charge is 0.222 e. The first-order valence-electron chi connectivity index (χ1n) is 12.0. The number of nitrogens with one attached hydrogen (secondary N) is 1. The van der Waals surface area contributed by atoms with Crippen molar-refractivity contribution in [1.82, 2.24) is 15.2 Å². The van der Waals surface area contributed by atoms with Crippen molar-refractivity contribution in [2.24, 2.45) is 0 Å². The first-order chi connectivity index (χ1) is 16.6. The normalized spacial score (nSPS) is 25.7. The molecule has 4 rings (SSSR count). The minimum atomic E-state index is -0.548. The van der Waals surface area contributed by atoms with E-state index in [9.17, 15) is 9.90 Å². The number of β-amino-alcohol motifs (C(OH)–C–C–N with tert-alkyl or cyclic N) is 1. The number of carbonyl (C=O) groups excluding carboxylic acids is 1. The standard InChI is InChI=1S/C26H35N3O5/c1-32-12-11-28-26(31)14-23-5-6-24-25(34-23)18-33-17-22(30)16-29(24)15-19-3-2-4-21(13-19)20-7-9-27-10-8-20/h2-4,7-10,13,22-25,30H,5-6,11-12,14-18H2,1H3,(H,28,31)/t22-,23-,24+,25-/m0/s1. The number of aliphatic hydroxyl groups is 1. The molecule has 1 amide bonds. The van der Waals surface area contributed by atoms with Crippen molar-refractivity contribution in [3.8, 4) is 11.1 Å². The SMILES string of the molecule is COCCNC(=O)C[C@@H]1CC[C@@H]2[C@H](COC[C@@H](O)CN2Cc2cccc(-c3ccncc3)c2)O1. The zero-order valence-corrected chi connectivity index (χ0v) is 19.8. The zero-order chi connectivity index (χ0) is 23.8. The maximum atomic E-state index is 12.2. The van der Waals surface area contributed by atoms with Gasteiger partial charge in [-0.3, -0.25) is 14.7 Å². The Balaban J connectivity index is 1.42. The van der Waals surface area contributed by atoms with Gasteiger partial charge in [-0.25, -0.2) is 0 Å². The number of amides is 1. The Kier molecular flexibility index (Phi) is 9.01. The Morgan fingerprint density at radius 1 is 1.21 bits per heavy atom. The lowest BCUT2D eigenvalue weighted by molar-refractivity contribution is -0.158. The molecule has 184 valence electrons. The number of pyridine rings is 1. The van der Waals surface area contributed by atoms with Crippen LogP contribution in [0.2, 0.25) is 0 Å². The van der Waals surface area contributed by atoms with E-state index in [4.69, 9.17) is 14.2 Å². The number of rotatable bonds is 8. The summed E-state index contributed by atoms with van der Waals surface area (Å²) in [7, 11) is 1.61. The molecular weight excluding hydrogens is 434 g/mol. The third kappa shape index (κ3) is 6.84. The zero-order valence-electron chi connectivity index (χ0n) is 19.8. The molecule has 0 aliphatic carbocycles. The molecular formula is C26H35N3O5. The van der Waals surface area contributed by atoms with Crippen LogP contribution in [0.15, 0.2) is 48.8 Å². The monoisotopic (exact) mass is 469 g/mol. The van der Waals surface area contributed by atoms with E-state index in [2.05, 4.69) is 39.5 Å². The maximum Gasteiger partial charge on any atom is 0.222 e. The third-order valence-corrected chi connectivity index (χ3v) is 6.46. The van der Waals surface area contributed by atoms with Gasteiger partial charge >= 0.3 is 0 Å². The maximum absolute atomic E-state index is 12.2. The van der Waals surface area contributed by atoms with Gasteiger partial charge < -0.3 is 24.6 Å². The minimum absolute atomic E-state index is 0.0209. The van der Waals surface area contributed by atoms with Crippen LogP contribution in [-0.4, -0.2) is 85.3 Å². The highest BCUT2D eigenvalue weighted by atomic mass is 16.5. The third-order valence-electron chi connectivity index (χ3n) is 6.46. The lowest BCUT2D eigenvalue weighted by Crippen LogP contribution is -2.55. The molecule has 0 radical (unpaired) electrons. The van der Waals surface area contributed by atoms with E-state index >= 15 is 0 Å². The summed E-state index contributed by atoms with van der Waals surface area (Å²) in [5, 5.41) is 13.4. The van der Waals surface area contributed by atoms with Crippen molar-refractivity contribution in [1.29, 1.82) is 0 Å². The van der Waals surface area contributed by atoms with Gasteiger partial charge in [0.25, 0.3) is 0 Å². The number of benzene rings is 1. The van der Waals surface area contributed by atoms with Crippen LogP contribution in [0, 0.1) is 0 Å². The molecule has 4 atom stereocenters. The lowest BCUT2D eigenvalue weighted by Gasteiger charge is -2.44. The Morgan fingerprint density at radius 3 is 2.88 bits per heavy atom. The highest BCUT2D eigenvalue weighted by Gasteiger charge is 2.38. The van der Waals surface area contributed by atoms with Crippen LogP contribution >= 0.6 is 0 Å². The van der Waals surface area contributed by atoms with Crippen molar-refractivity contribution in [2.75, 3.05) is 40.0 Å². The summed E-state index contributed by atoms with van der Waals surface area (Å²) in [5.74, 6) is -0.0209. The quantitative estimate of drug-likeness (QED) is 0.572. The van der Waals surface area contributed by atoms with Gasteiger partial charge in [-0.15, -0.1) is 0 Å². The molecule has 2 aliphatic rings. The predicted molar refractivity (Wildman–Crippen MR) is 128 cm³/mol. The Morgan fingerprint density at radius 2 is 2.06 bits per heavy atom. The molecule has 2 aliphatic heterocycles. The molecule has 2 saturated heterocycles. The van der Waals surface area contributed by atoms with Crippen LogP contribution in [-0.2, 0) is 25.5 Å². The molecule has 2 N–H and O–H groups in total. The Bertz CT molecular complexity index is 912. The van der Waals surface area contributed by atoms with Crippen LogP contribution in [0.5, 0.6) is 0 Å². The molecule has 34 heavy (non-hydrogen) atoms. The van der Waals surface area contributed by atoms with Gasteiger partial charge in [0.05, 0.1) is 44.6 Å². The predicted octanol–water partition coefficient (Wildman–Crippen LogP) is 2.01. The topological polar surface area (TPSA) is 93.2 Å². The summed E-state index contributed by atoms with van der Waals surface area (Å²) in [4.78, 5) is 18.7. The summed E-state index contributed by atoms with van der Waals surface area (Å²) < 4.78 is 17.1. The number of hydrogen-bond donors (Lipinski definition) is 2. The van der Waals surface area contributed by atoms with Crippen LogP contribution < -0.4 is 5.32 Å².